The van der Waals surface area contributed by atoms with Crippen LogP contribution in [0, 0.1) is 0 Å². The number of hydrogen-bond donors (Lipinski definition) is 2. The van der Waals surface area contributed by atoms with Crippen molar-refractivity contribution in [1.29, 1.82) is 0 Å². The Labute approximate surface area is 131 Å². The minimum Gasteiger partial charge on any atom is -0.490 e. The van der Waals surface area contributed by atoms with Crippen LogP contribution in [0.5, 0.6) is 11.5 Å². The van der Waals surface area contributed by atoms with E-state index in [2.05, 4.69) is 15.6 Å². The van der Waals surface area contributed by atoms with Crippen LogP contribution < -0.4 is 20.1 Å². The molecule has 0 saturated carbocycles. The fourth-order valence-corrected chi connectivity index (χ4v) is 2.15. The van der Waals surface area contributed by atoms with Crippen LogP contribution in [0.3, 0.4) is 0 Å². The Hall–Kier alpha value is -1.95. The maximum absolute atomic E-state index is 5.70. The highest BCUT2D eigenvalue weighted by Crippen LogP contribution is 2.30. The maximum Gasteiger partial charge on any atom is 0.191 e. The fourth-order valence-electron chi connectivity index (χ4n) is 2.15. The first-order valence-electron chi connectivity index (χ1n) is 7.65. The van der Waals surface area contributed by atoms with Gasteiger partial charge in [-0.05, 0) is 24.1 Å². The highest BCUT2D eigenvalue weighted by atomic mass is 16.5. The summed E-state index contributed by atoms with van der Waals surface area (Å²) in [5.41, 5.74) is 1.13. The van der Waals surface area contributed by atoms with Gasteiger partial charge in [-0.2, -0.15) is 0 Å². The zero-order valence-corrected chi connectivity index (χ0v) is 13.4. The van der Waals surface area contributed by atoms with Crippen LogP contribution in [-0.4, -0.2) is 46.5 Å². The summed E-state index contributed by atoms with van der Waals surface area (Å²) in [5, 5.41) is 6.54. The second kappa shape index (κ2) is 9.15. The molecule has 0 bridgehead atoms. The number of aliphatic imine (C=N–C) groups is 1. The van der Waals surface area contributed by atoms with Crippen LogP contribution in [0.2, 0.25) is 0 Å². The van der Waals surface area contributed by atoms with Crippen molar-refractivity contribution in [3.8, 4) is 11.5 Å². The Morgan fingerprint density at radius 2 is 2.05 bits per heavy atom. The van der Waals surface area contributed by atoms with Crippen molar-refractivity contribution in [2.75, 3.05) is 40.5 Å². The van der Waals surface area contributed by atoms with Crippen LogP contribution >= 0.6 is 0 Å². The average Bonchev–Trinajstić information content (AvgIpc) is 2.79. The number of nitrogens with zero attached hydrogens (tertiary/aromatic N) is 1. The van der Waals surface area contributed by atoms with Gasteiger partial charge in [0.05, 0.1) is 13.2 Å². The van der Waals surface area contributed by atoms with Crippen molar-refractivity contribution < 1.29 is 14.2 Å². The second-order valence-electron chi connectivity index (χ2n) is 5.03. The normalized spacial score (nSPS) is 14.4. The molecule has 0 aliphatic carbocycles. The van der Waals surface area contributed by atoms with Gasteiger partial charge in [0, 0.05) is 40.3 Å². The number of methoxy groups -OCH3 is 1. The molecule has 1 aromatic rings. The Kier molecular flexibility index (Phi) is 6.83. The van der Waals surface area contributed by atoms with Gasteiger partial charge in [0.2, 0.25) is 0 Å². The maximum atomic E-state index is 5.70. The Balaban J connectivity index is 1.84. The molecule has 2 rings (SSSR count). The molecule has 0 atom stereocenters. The standard InChI is InChI=1S/C16H25N3O3/c1-17-16(18-7-3-8-20-2)19-12-13-5-6-14-15(11-13)22-10-4-9-21-14/h5-6,11H,3-4,7-10,12H2,1-2H3,(H2,17,18,19). The van der Waals surface area contributed by atoms with Crippen molar-refractivity contribution in [3.63, 3.8) is 0 Å². The third kappa shape index (κ3) is 5.11. The second-order valence-corrected chi connectivity index (χ2v) is 5.03. The van der Waals surface area contributed by atoms with Gasteiger partial charge >= 0.3 is 0 Å². The van der Waals surface area contributed by atoms with Gasteiger partial charge < -0.3 is 24.8 Å². The molecular weight excluding hydrogens is 282 g/mol. The molecule has 0 aromatic heterocycles. The minimum absolute atomic E-state index is 0.681. The Morgan fingerprint density at radius 3 is 2.82 bits per heavy atom. The summed E-state index contributed by atoms with van der Waals surface area (Å²) < 4.78 is 16.4. The van der Waals surface area contributed by atoms with Gasteiger partial charge in [0.1, 0.15) is 0 Å². The predicted molar refractivity (Wildman–Crippen MR) is 86.7 cm³/mol. The van der Waals surface area contributed by atoms with Gasteiger partial charge in [0.25, 0.3) is 0 Å². The smallest absolute Gasteiger partial charge is 0.191 e. The van der Waals surface area contributed by atoms with E-state index >= 15 is 0 Å². The van der Waals surface area contributed by atoms with Gasteiger partial charge in [-0.15, -0.1) is 0 Å². The highest BCUT2D eigenvalue weighted by Gasteiger charge is 2.10. The molecule has 1 heterocycles. The molecule has 6 nitrogen and oxygen atoms in total. The van der Waals surface area contributed by atoms with Crippen LogP contribution in [0.25, 0.3) is 0 Å². The van der Waals surface area contributed by atoms with E-state index in [1.165, 1.54) is 0 Å². The Bertz CT molecular complexity index is 492. The average molecular weight is 307 g/mol. The first-order valence-corrected chi connectivity index (χ1v) is 7.65. The number of ether oxygens (including phenoxy) is 3. The summed E-state index contributed by atoms with van der Waals surface area (Å²) in [4.78, 5) is 4.20. The fraction of sp³-hybridized carbons (Fsp3) is 0.562. The molecular formula is C16H25N3O3. The summed E-state index contributed by atoms with van der Waals surface area (Å²) >= 11 is 0. The summed E-state index contributed by atoms with van der Waals surface area (Å²) in [6.45, 7) is 3.66. The van der Waals surface area contributed by atoms with E-state index in [0.717, 1.165) is 49.0 Å². The quantitative estimate of drug-likeness (QED) is 0.474. The lowest BCUT2D eigenvalue weighted by Crippen LogP contribution is -2.37. The molecule has 0 saturated heterocycles. The van der Waals surface area contributed by atoms with Crippen molar-refractivity contribution in [2.45, 2.75) is 19.4 Å². The van der Waals surface area contributed by atoms with Crippen molar-refractivity contribution >= 4 is 5.96 Å². The van der Waals surface area contributed by atoms with Gasteiger partial charge in [-0.1, -0.05) is 6.07 Å². The zero-order chi connectivity index (χ0) is 15.6. The van der Waals surface area contributed by atoms with Crippen LogP contribution in [0.1, 0.15) is 18.4 Å². The SMILES string of the molecule is CN=C(NCCCOC)NCc1ccc2c(c1)OCCCO2. The number of fused-ring (bicyclic) bond motifs is 1. The number of guanidine groups is 1. The van der Waals surface area contributed by atoms with E-state index in [-0.39, 0.29) is 0 Å². The van der Waals surface area contributed by atoms with Crippen LogP contribution in [0.15, 0.2) is 23.2 Å². The first kappa shape index (κ1) is 16.4. The summed E-state index contributed by atoms with van der Waals surface area (Å²) in [7, 11) is 3.47. The predicted octanol–water partition coefficient (Wildman–Crippen LogP) is 1.55. The minimum atomic E-state index is 0.681. The first-order chi connectivity index (χ1) is 10.8. The van der Waals surface area contributed by atoms with E-state index in [1.807, 2.05) is 18.2 Å². The molecule has 0 radical (unpaired) electrons. The topological polar surface area (TPSA) is 64.1 Å². The van der Waals surface area contributed by atoms with E-state index in [1.54, 1.807) is 14.2 Å². The molecule has 1 aliphatic rings. The molecule has 1 aliphatic heterocycles. The monoisotopic (exact) mass is 307 g/mol. The zero-order valence-electron chi connectivity index (χ0n) is 13.4. The summed E-state index contributed by atoms with van der Waals surface area (Å²) in [6.07, 6.45) is 1.86. The third-order valence-corrected chi connectivity index (χ3v) is 3.31. The molecule has 2 N–H and O–H groups in total. The number of nitrogens with one attached hydrogen (secondary N) is 2. The van der Waals surface area contributed by atoms with E-state index in [9.17, 15) is 0 Å². The third-order valence-electron chi connectivity index (χ3n) is 3.31. The van der Waals surface area contributed by atoms with Crippen molar-refractivity contribution in [1.82, 2.24) is 10.6 Å². The lowest BCUT2D eigenvalue weighted by molar-refractivity contribution is 0.195. The molecule has 122 valence electrons. The van der Waals surface area contributed by atoms with Gasteiger partial charge in [-0.3, -0.25) is 4.99 Å². The lowest BCUT2D eigenvalue weighted by Gasteiger charge is -2.13. The van der Waals surface area contributed by atoms with Gasteiger partial charge in [0.15, 0.2) is 17.5 Å². The van der Waals surface area contributed by atoms with Crippen LogP contribution in [-0.2, 0) is 11.3 Å². The van der Waals surface area contributed by atoms with E-state index in [0.29, 0.717) is 19.8 Å². The number of benzene rings is 1. The molecule has 0 amide bonds. The highest BCUT2D eigenvalue weighted by molar-refractivity contribution is 5.79. The van der Waals surface area contributed by atoms with Gasteiger partial charge in [-0.25, -0.2) is 0 Å². The number of rotatable bonds is 6. The summed E-state index contributed by atoms with van der Waals surface area (Å²) in [5.74, 6) is 2.42. The number of hydrogen-bond acceptors (Lipinski definition) is 4. The molecule has 6 heteroatoms. The molecule has 22 heavy (non-hydrogen) atoms. The molecule has 0 spiro atoms. The van der Waals surface area contributed by atoms with Crippen LogP contribution in [0.4, 0.5) is 0 Å². The lowest BCUT2D eigenvalue weighted by atomic mass is 10.2. The van der Waals surface area contributed by atoms with E-state index in [4.69, 9.17) is 14.2 Å². The van der Waals surface area contributed by atoms with Crippen molar-refractivity contribution in [3.05, 3.63) is 23.8 Å². The molecule has 1 aromatic carbocycles. The van der Waals surface area contributed by atoms with E-state index < -0.39 is 0 Å². The summed E-state index contributed by atoms with van der Waals surface area (Å²) in [6, 6.07) is 6.02. The molecule has 0 fully saturated rings. The largest absolute Gasteiger partial charge is 0.490 e. The molecule has 0 unspecified atom stereocenters. The van der Waals surface area contributed by atoms with Crippen molar-refractivity contribution in [2.24, 2.45) is 4.99 Å². The Morgan fingerprint density at radius 1 is 1.23 bits per heavy atom.